The first-order valence-electron chi connectivity index (χ1n) is 6.10. The summed E-state index contributed by atoms with van der Waals surface area (Å²) >= 11 is 3.42. The molecule has 1 aromatic heterocycles. The number of nitrogens with zero attached hydrogens (tertiary/aromatic N) is 2. The highest BCUT2D eigenvalue weighted by atomic mass is 79.9. The zero-order valence-electron chi connectivity index (χ0n) is 11.1. The van der Waals surface area contributed by atoms with Crippen LogP contribution in [0.4, 0.5) is 0 Å². The van der Waals surface area contributed by atoms with Crippen molar-refractivity contribution < 1.29 is 9.84 Å². The van der Waals surface area contributed by atoms with Crippen LogP contribution in [-0.2, 0) is 20.1 Å². The number of aromatic nitrogens is 2. The number of aliphatic hydroxyl groups excluding tert-OH is 1. The van der Waals surface area contributed by atoms with E-state index in [-0.39, 0.29) is 6.61 Å². The maximum absolute atomic E-state index is 9.37. The minimum absolute atomic E-state index is 0.0253. The van der Waals surface area contributed by atoms with E-state index in [1.165, 1.54) is 0 Å². The van der Waals surface area contributed by atoms with E-state index in [1.807, 2.05) is 38.5 Å². The molecule has 0 saturated heterocycles. The lowest BCUT2D eigenvalue weighted by Crippen LogP contribution is -2.04. The molecule has 2 aromatic rings. The lowest BCUT2D eigenvalue weighted by Gasteiger charge is -2.13. The van der Waals surface area contributed by atoms with Gasteiger partial charge in [-0.05, 0) is 30.2 Å². The second-order valence-corrected chi connectivity index (χ2v) is 5.41. The molecule has 0 aliphatic carbocycles. The topological polar surface area (TPSA) is 47.3 Å². The van der Waals surface area contributed by atoms with Gasteiger partial charge in [0.05, 0.1) is 19.4 Å². The summed E-state index contributed by atoms with van der Waals surface area (Å²) in [6.45, 7) is 2.52. The Morgan fingerprint density at radius 1 is 1.42 bits per heavy atom. The molecule has 2 rings (SSSR count). The molecule has 0 fully saturated rings. The molecule has 1 heterocycles. The zero-order valence-corrected chi connectivity index (χ0v) is 12.6. The van der Waals surface area contributed by atoms with Crippen LogP contribution < -0.4 is 4.74 Å². The molecule has 0 bridgehead atoms. The number of halogens is 1. The Bertz CT molecular complexity index is 567. The fourth-order valence-electron chi connectivity index (χ4n) is 2.00. The molecule has 0 aliphatic rings. The second kappa shape index (κ2) is 6.21. The van der Waals surface area contributed by atoms with Gasteiger partial charge in [0.25, 0.3) is 0 Å². The summed E-state index contributed by atoms with van der Waals surface area (Å²) in [5, 5.41) is 13.5. The number of rotatable bonds is 5. The molecule has 0 atom stereocenters. The van der Waals surface area contributed by atoms with Gasteiger partial charge in [0.15, 0.2) is 0 Å². The zero-order chi connectivity index (χ0) is 13.8. The Balaban J connectivity index is 2.03. The van der Waals surface area contributed by atoms with Crippen LogP contribution in [0.3, 0.4) is 0 Å². The SMILES string of the molecule is Cc1cc(Br)cc(CO)c1OCCc1cnn(C)c1. The molecular weight excluding hydrogens is 308 g/mol. The molecule has 0 unspecified atom stereocenters. The van der Waals surface area contributed by atoms with Crippen LogP contribution in [0, 0.1) is 6.92 Å². The summed E-state index contributed by atoms with van der Waals surface area (Å²) in [7, 11) is 1.90. The standard InChI is InChI=1S/C14H17BrN2O2/c1-10-5-13(15)6-12(9-18)14(10)19-4-3-11-7-16-17(2)8-11/h5-8,18H,3-4,9H2,1-2H3. The fourth-order valence-corrected chi connectivity index (χ4v) is 2.61. The summed E-state index contributed by atoms with van der Waals surface area (Å²) in [5.74, 6) is 0.773. The highest BCUT2D eigenvalue weighted by molar-refractivity contribution is 9.10. The maximum atomic E-state index is 9.37. The van der Waals surface area contributed by atoms with Crippen molar-refractivity contribution >= 4 is 15.9 Å². The van der Waals surface area contributed by atoms with Gasteiger partial charge in [-0.3, -0.25) is 4.68 Å². The van der Waals surface area contributed by atoms with Gasteiger partial charge in [-0.2, -0.15) is 5.10 Å². The Hall–Kier alpha value is -1.33. The van der Waals surface area contributed by atoms with Crippen LogP contribution in [0.5, 0.6) is 5.75 Å². The van der Waals surface area contributed by atoms with E-state index >= 15 is 0 Å². The molecule has 1 aromatic carbocycles. The van der Waals surface area contributed by atoms with Crippen molar-refractivity contribution in [2.24, 2.45) is 7.05 Å². The van der Waals surface area contributed by atoms with Crippen molar-refractivity contribution in [3.63, 3.8) is 0 Å². The van der Waals surface area contributed by atoms with E-state index in [0.717, 1.165) is 33.3 Å². The van der Waals surface area contributed by atoms with Crippen molar-refractivity contribution in [3.05, 3.63) is 45.7 Å². The van der Waals surface area contributed by atoms with Crippen molar-refractivity contribution in [3.8, 4) is 5.75 Å². The molecule has 0 spiro atoms. The molecule has 0 aliphatic heterocycles. The Labute approximate surface area is 121 Å². The monoisotopic (exact) mass is 324 g/mol. The van der Waals surface area contributed by atoms with Crippen LogP contribution in [0.2, 0.25) is 0 Å². The molecule has 0 radical (unpaired) electrons. The Morgan fingerprint density at radius 2 is 2.21 bits per heavy atom. The van der Waals surface area contributed by atoms with Crippen LogP contribution in [0.25, 0.3) is 0 Å². The minimum Gasteiger partial charge on any atom is -0.493 e. The van der Waals surface area contributed by atoms with E-state index in [9.17, 15) is 5.11 Å². The van der Waals surface area contributed by atoms with Gasteiger partial charge in [0.2, 0.25) is 0 Å². The molecule has 102 valence electrons. The van der Waals surface area contributed by atoms with Crippen molar-refractivity contribution in [2.45, 2.75) is 20.0 Å². The van der Waals surface area contributed by atoms with Crippen LogP contribution in [0.15, 0.2) is 29.0 Å². The third-order valence-corrected chi connectivity index (χ3v) is 3.34. The smallest absolute Gasteiger partial charge is 0.127 e. The summed E-state index contributed by atoms with van der Waals surface area (Å²) in [6.07, 6.45) is 4.61. The van der Waals surface area contributed by atoms with Crippen molar-refractivity contribution in [1.82, 2.24) is 9.78 Å². The molecular formula is C14H17BrN2O2. The predicted molar refractivity (Wildman–Crippen MR) is 77.2 cm³/mol. The molecule has 0 amide bonds. The normalized spacial score (nSPS) is 10.7. The first-order chi connectivity index (χ1) is 9.10. The summed E-state index contributed by atoms with van der Waals surface area (Å²) in [6, 6.07) is 3.87. The summed E-state index contributed by atoms with van der Waals surface area (Å²) in [5.41, 5.74) is 2.96. The average molecular weight is 325 g/mol. The highest BCUT2D eigenvalue weighted by Crippen LogP contribution is 2.28. The lowest BCUT2D eigenvalue weighted by atomic mass is 10.1. The minimum atomic E-state index is -0.0253. The Morgan fingerprint density at radius 3 is 2.84 bits per heavy atom. The van der Waals surface area contributed by atoms with Crippen molar-refractivity contribution in [1.29, 1.82) is 0 Å². The number of hydrogen-bond donors (Lipinski definition) is 1. The van der Waals surface area contributed by atoms with E-state index in [4.69, 9.17) is 4.74 Å². The Kier molecular flexibility index (Phi) is 4.61. The van der Waals surface area contributed by atoms with E-state index in [1.54, 1.807) is 4.68 Å². The number of aliphatic hydroxyl groups is 1. The third kappa shape index (κ3) is 3.58. The molecule has 19 heavy (non-hydrogen) atoms. The van der Waals surface area contributed by atoms with E-state index in [2.05, 4.69) is 21.0 Å². The van der Waals surface area contributed by atoms with Crippen molar-refractivity contribution in [2.75, 3.05) is 6.61 Å². The first kappa shape index (κ1) is 14.1. The lowest BCUT2D eigenvalue weighted by molar-refractivity contribution is 0.263. The molecule has 0 saturated carbocycles. The van der Waals surface area contributed by atoms with Crippen LogP contribution in [0.1, 0.15) is 16.7 Å². The highest BCUT2D eigenvalue weighted by Gasteiger charge is 2.08. The fraction of sp³-hybridized carbons (Fsp3) is 0.357. The van der Waals surface area contributed by atoms with E-state index < -0.39 is 0 Å². The first-order valence-corrected chi connectivity index (χ1v) is 6.89. The number of ether oxygens (including phenoxy) is 1. The maximum Gasteiger partial charge on any atom is 0.127 e. The van der Waals surface area contributed by atoms with Gasteiger partial charge in [0.1, 0.15) is 5.75 Å². The average Bonchev–Trinajstić information content (AvgIpc) is 2.77. The quantitative estimate of drug-likeness (QED) is 0.919. The second-order valence-electron chi connectivity index (χ2n) is 4.49. The van der Waals surface area contributed by atoms with Crippen LogP contribution in [-0.4, -0.2) is 21.5 Å². The van der Waals surface area contributed by atoms with Crippen LogP contribution >= 0.6 is 15.9 Å². The third-order valence-electron chi connectivity index (χ3n) is 2.88. The van der Waals surface area contributed by atoms with Gasteiger partial charge in [0, 0.05) is 29.7 Å². The largest absolute Gasteiger partial charge is 0.493 e. The number of aryl methyl sites for hydroxylation is 2. The van der Waals surface area contributed by atoms with E-state index in [0.29, 0.717) is 6.61 Å². The number of benzene rings is 1. The molecule has 1 N–H and O–H groups in total. The summed E-state index contributed by atoms with van der Waals surface area (Å²) in [4.78, 5) is 0. The molecule has 5 heteroatoms. The number of hydrogen-bond acceptors (Lipinski definition) is 3. The van der Waals surface area contributed by atoms with Gasteiger partial charge >= 0.3 is 0 Å². The summed E-state index contributed by atoms with van der Waals surface area (Å²) < 4.78 is 8.54. The molecule has 4 nitrogen and oxygen atoms in total. The predicted octanol–water partition coefficient (Wildman–Crippen LogP) is 2.60. The van der Waals surface area contributed by atoms with Gasteiger partial charge in [-0.25, -0.2) is 0 Å². The van der Waals surface area contributed by atoms with Gasteiger partial charge in [-0.15, -0.1) is 0 Å². The van der Waals surface area contributed by atoms with Gasteiger partial charge in [-0.1, -0.05) is 15.9 Å². The van der Waals surface area contributed by atoms with Gasteiger partial charge < -0.3 is 9.84 Å².